The van der Waals surface area contributed by atoms with Gasteiger partial charge in [-0.25, -0.2) is 0 Å². The minimum Gasteiger partial charge on any atom is -0.376 e. The second-order valence-corrected chi connectivity index (χ2v) is 6.09. The van der Waals surface area contributed by atoms with E-state index in [4.69, 9.17) is 4.74 Å². The molecule has 2 saturated heterocycles. The van der Waals surface area contributed by atoms with E-state index < -0.39 is 0 Å². The van der Waals surface area contributed by atoms with Crippen molar-refractivity contribution in [2.45, 2.75) is 57.7 Å². The maximum absolute atomic E-state index is 12.2. The molecule has 2 N–H and O–H groups in total. The van der Waals surface area contributed by atoms with Gasteiger partial charge in [-0.1, -0.05) is 0 Å². The molecule has 2 aliphatic rings. The summed E-state index contributed by atoms with van der Waals surface area (Å²) in [5.41, 5.74) is 0. The van der Waals surface area contributed by atoms with Crippen LogP contribution in [0.25, 0.3) is 0 Å². The molecule has 2 amide bonds. The van der Waals surface area contributed by atoms with Crippen LogP contribution in [0.2, 0.25) is 0 Å². The first-order valence-electron chi connectivity index (χ1n) is 7.96. The Morgan fingerprint density at radius 1 is 1.33 bits per heavy atom. The van der Waals surface area contributed by atoms with Crippen molar-refractivity contribution in [1.29, 1.82) is 0 Å². The molecule has 0 bridgehead atoms. The van der Waals surface area contributed by atoms with Crippen molar-refractivity contribution in [3.05, 3.63) is 0 Å². The highest BCUT2D eigenvalue weighted by atomic mass is 16.5. The van der Waals surface area contributed by atoms with Crippen molar-refractivity contribution < 1.29 is 14.3 Å². The van der Waals surface area contributed by atoms with E-state index in [-0.39, 0.29) is 30.0 Å². The fourth-order valence-corrected chi connectivity index (χ4v) is 3.10. The lowest BCUT2D eigenvalue weighted by atomic mass is 10.0. The van der Waals surface area contributed by atoms with Crippen LogP contribution in [0.1, 0.15) is 39.5 Å². The summed E-state index contributed by atoms with van der Waals surface area (Å²) in [6, 6.07) is -0.00683. The molecule has 2 rings (SSSR count). The largest absolute Gasteiger partial charge is 0.376 e. The number of hydrogen-bond acceptors (Lipinski definition) is 4. The predicted molar refractivity (Wildman–Crippen MR) is 79.9 cm³/mol. The molecule has 3 unspecified atom stereocenters. The third kappa shape index (κ3) is 4.97. The van der Waals surface area contributed by atoms with E-state index in [1.807, 2.05) is 6.92 Å². The Morgan fingerprint density at radius 2 is 2.14 bits per heavy atom. The number of amides is 2. The minimum absolute atomic E-state index is 0.00247. The van der Waals surface area contributed by atoms with E-state index in [9.17, 15) is 9.59 Å². The summed E-state index contributed by atoms with van der Waals surface area (Å²) in [6.45, 7) is 6.53. The normalized spacial score (nSPS) is 28.1. The van der Waals surface area contributed by atoms with Gasteiger partial charge in [0.25, 0.3) is 0 Å². The summed E-state index contributed by atoms with van der Waals surface area (Å²) in [4.78, 5) is 25.5. The first-order chi connectivity index (χ1) is 10.1. The second kappa shape index (κ2) is 7.75. The molecule has 6 nitrogen and oxygen atoms in total. The van der Waals surface area contributed by atoms with E-state index >= 15 is 0 Å². The van der Waals surface area contributed by atoms with Gasteiger partial charge >= 0.3 is 0 Å². The van der Waals surface area contributed by atoms with Crippen LogP contribution in [-0.4, -0.2) is 61.1 Å². The van der Waals surface area contributed by atoms with Crippen molar-refractivity contribution in [2.24, 2.45) is 0 Å². The Labute approximate surface area is 126 Å². The third-order valence-corrected chi connectivity index (χ3v) is 4.32. The summed E-state index contributed by atoms with van der Waals surface area (Å²) >= 11 is 0. The van der Waals surface area contributed by atoms with Crippen LogP contribution in [0.15, 0.2) is 0 Å². The van der Waals surface area contributed by atoms with Gasteiger partial charge in [0, 0.05) is 32.7 Å². The summed E-state index contributed by atoms with van der Waals surface area (Å²) in [7, 11) is 0. The van der Waals surface area contributed by atoms with Gasteiger partial charge in [-0.05, 0) is 39.2 Å². The fourth-order valence-electron chi connectivity index (χ4n) is 3.10. The summed E-state index contributed by atoms with van der Waals surface area (Å²) in [5.74, 6) is 0.0475. The van der Waals surface area contributed by atoms with Gasteiger partial charge in [0.2, 0.25) is 11.8 Å². The maximum Gasteiger partial charge on any atom is 0.237 e. The Hall–Kier alpha value is -1.14. The fraction of sp³-hybridized carbons (Fsp3) is 0.867. The Morgan fingerprint density at radius 3 is 2.81 bits per heavy atom. The van der Waals surface area contributed by atoms with Crippen LogP contribution in [0, 0.1) is 0 Å². The number of nitrogens with zero attached hydrogens (tertiary/aromatic N) is 1. The number of carbonyl (C=O) groups excluding carboxylic acids is 2. The van der Waals surface area contributed by atoms with Gasteiger partial charge in [-0.3, -0.25) is 14.5 Å². The van der Waals surface area contributed by atoms with Gasteiger partial charge in [0.1, 0.15) is 0 Å². The number of rotatable bonds is 5. The molecule has 0 saturated carbocycles. The zero-order valence-corrected chi connectivity index (χ0v) is 13.1. The average molecular weight is 297 g/mol. The number of ether oxygens (including phenoxy) is 1. The van der Waals surface area contributed by atoms with Crippen molar-refractivity contribution in [3.8, 4) is 0 Å². The van der Waals surface area contributed by atoms with Crippen LogP contribution in [0.4, 0.5) is 0 Å². The molecule has 120 valence electrons. The van der Waals surface area contributed by atoms with E-state index in [1.165, 1.54) is 6.92 Å². The van der Waals surface area contributed by atoms with Gasteiger partial charge < -0.3 is 15.4 Å². The average Bonchev–Trinajstić information content (AvgIpc) is 2.97. The lowest BCUT2D eigenvalue weighted by molar-refractivity contribution is -0.127. The molecule has 0 aromatic heterocycles. The predicted octanol–water partition coefficient (Wildman–Crippen LogP) is 0.271. The highest BCUT2D eigenvalue weighted by Gasteiger charge is 2.28. The molecule has 2 aliphatic heterocycles. The van der Waals surface area contributed by atoms with Crippen molar-refractivity contribution in [2.75, 3.05) is 26.2 Å². The zero-order chi connectivity index (χ0) is 15.2. The number of hydrogen-bond donors (Lipinski definition) is 2. The minimum atomic E-state index is -0.164. The van der Waals surface area contributed by atoms with Crippen LogP contribution in [0.5, 0.6) is 0 Å². The van der Waals surface area contributed by atoms with E-state index in [0.29, 0.717) is 6.54 Å². The molecular formula is C15H27N3O3. The van der Waals surface area contributed by atoms with Gasteiger partial charge in [0.15, 0.2) is 0 Å². The van der Waals surface area contributed by atoms with E-state index in [2.05, 4.69) is 15.5 Å². The SMILES string of the molecule is CC(=O)NC1CCCN(C(C)C(=O)NCC2CCCO2)C1. The molecule has 2 heterocycles. The van der Waals surface area contributed by atoms with Gasteiger partial charge in [-0.15, -0.1) is 0 Å². The molecule has 0 aromatic carbocycles. The Balaban J connectivity index is 1.76. The molecule has 3 atom stereocenters. The molecule has 6 heteroatoms. The van der Waals surface area contributed by atoms with Gasteiger partial charge in [-0.2, -0.15) is 0 Å². The molecule has 0 spiro atoms. The first-order valence-corrected chi connectivity index (χ1v) is 7.96. The molecule has 0 radical (unpaired) electrons. The zero-order valence-electron chi connectivity index (χ0n) is 13.1. The smallest absolute Gasteiger partial charge is 0.237 e. The van der Waals surface area contributed by atoms with Gasteiger partial charge in [0.05, 0.1) is 12.1 Å². The highest BCUT2D eigenvalue weighted by molar-refractivity contribution is 5.81. The maximum atomic E-state index is 12.2. The van der Waals surface area contributed by atoms with Crippen LogP contribution >= 0.6 is 0 Å². The molecule has 2 fully saturated rings. The lowest BCUT2D eigenvalue weighted by Gasteiger charge is -2.36. The first kappa shape index (κ1) is 16.2. The highest BCUT2D eigenvalue weighted by Crippen LogP contribution is 2.14. The van der Waals surface area contributed by atoms with Crippen molar-refractivity contribution in [1.82, 2.24) is 15.5 Å². The molecular weight excluding hydrogens is 270 g/mol. The van der Waals surface area contributed by atoms with Crippen molar-refractivity contribution >= 4 is 11.8 Å². The number of likely N-dealkylation sites (tertiary alicyclic amines) is 1. The quantitative estimate of drug-likeness (QED) is 0.764. The molecule has 0 aliphatic carbocycles. The van der Waals surface area contributed by atoms with Crippen LogP contribution < -0.4 is 10.6 Å². The Bertz CT molecular complexity index is 369. The summed E-state index contributed by atoms with van der Waals surface area (Å²) < 4.78 is 5.51. The van der Waals surface area contributed by atoms with Crippen LogP contribution in [0.3, 0.4) is 0 Å². The van der Waals surface area contributed by atoms with E-state index in [1.54, 1.807) is 0 Å². The number of carbonyl (C=O) groups is 2. The summed E-state index contributed by atoms with van der Waals surface area (Å²) in [5, 5.41) is 5.93. The summed E-state index contributed by atoms with van der Waals surface area (Å²) in [6.07, 6.45) is 4.28. The standard InChI is InChI=1S/C15H27N3O3/c1-11(15(20)16-9-14-6-4-8-21-14)18-7-3-5-13(10-18)17-12(2)19/h11,13-14H,3-10H2,1-2H3,(H,16,20)(H,17,19). The monoisotopic (exact) mass is 297 g/mol. The lowest BCUT2D eigenvalue weighted by Crippen LogP contribution is -2.54. The molecule has 0 aromatic rings. The third-order valence-electron chi connectivity index (χ3n) is 4.32. The Kier molecular flexibility index (Phi) is 5.99. The second-order valence-electron chi connectivity index (χ2n) is 6.09. The topological polar surface area (TPSA) is 70.7 Å². The number of nitrogens with one attached hydrogen (secondary N) is 2. The number of piperidine rings is 1. The van der Waals surface area contributed by atoms with Crippen molar-refractivity contribution in [3.63, 3.8) is 0 Å². The molecule has 21 heavy (non-hydrogen) atoms. The van der Waals surface area contributed by atoms with E-state index in [0.717, 1.165) is 45.4 Å². The van der Waals surface area contributed by atoms with Crippen LogP contribution in [-0.2, 0) is 14.3 Å².